The van der Waals surface area contributed by atoms with E-state index in [2.05, 4.69) is 5.32 Å². The second kappa shape index (κ2) is 4.00. The van der Waals surface area contributed by atoms with Gasteiger partial charge in [0.05, 0.1) is 5.56 Å². The molecule has 1 rings (SSSR count). The Bertz CT molecular complexity index is 345. The Morgan fingerprint density at radius 1 is 1.27 bits per heavy atom. The number of nitrogens with two attached hydrogens (primary N) is 1. The zero-order valence-corrected chi connectivity index (χ0v) is 8.52. The van der Waals surface area contributed by atoms with Crippen LogP contribution in [0.15, 0.2) is 18.2 Å². The molecule has 1 aromatic carbocycles. The number of alkyl halides is 3. The second-order valence-electron chi connectivity index (χ2n) is 3.60. The third-order valence-corrected chi connectivity index (χ3v) is 1.81. The largest absolute Gasteiger partial charge is 0.418 e. The summed E-state index contributed by atoms with van der Waals surface area (Å²) in [6, 6.07) is 3.89. The molecule has 0 spiro atoms. The molecular formula is C10H13F3N2. The van der Waals surface area contributed by atoms with Crippen molar-refractivity contribution in [3.8, 4) is 0 Å². The van der Waals surface area contributed by atoms with Crippen molar-refractivity contribution in [2.75, 3.05) is 11.1 Å². The van der Waals surface area contributed by atoms with Gasteiger partial charge in [-0.3, -0.25) is 0 Å². The molecule has 0 bridgehead atoms. The van der Waals surface area contributed by atoms with Crippen LogP contribution in [0.5, 0.6) is 0 Å². The van der Waals surface area contributed by atoms with E-state index >= 15 is 0 Å². The van der Waals surface area contributed by atoms with Crippen LogP contribution in [0.1, 0.15) is 19.4 Å². The summed E-state index contributed by atoms with van der Waals surface area (Å²) in [5.41, 5.74) is 4.63. The van der Waals surface area contributed by atoms with E-state index < -0.39 is 11.7 Å². The number of benzene rings is 1. The van der Waals surface area contributed by atoms with Gasteiger partial charge in [-0.15, -0.1) is 0 Å². The van der Waals surface area contributed by atoms with Crippen LogP contribution in [-0.4, -0.2) is 6.04 Å². The predicted molar refractivity (Wildman–Crippen MR) is 54.6 cm³/mol. The highest BCUT2D eigenvalue weighted by molar-refractivity contribution is 5.58. The van der Waals surface area contributed by atoms with Crippen LogP contribution in [0, 0.1) is 0 Å². The lowest BCUT2D eigenvalue weighted by Gasteiger charge is -2.14. The highest BCUT2D eigenvalue weighted by atomic mass is 19.4. The minimum absolute atomic E-state index is 0.0784. The molecule has 0 heterocycles. The van der Waals surface area contributed by atoms with Crippen molar-refractivity contribution in [2.45, 2.75) is 26.1 Å². The normalized spacial score (nSPS) is 11.9. The minimum Gasteiger partial charge on any atom is -0.398 e. The molecule has 5 heteroatoms. The Hall–Kier alpha value is -1.39. The maximum Gasteiger partial charge on any atom is 0.418 e. The number of nitrogens with one attached hydrogen (secondary N) is 1. The average Bonchev–Trinajstić information content (AvgIpc) is 2.05. The van der Waals surface area contributed by atoms with Gasteiger partial charge in [0.2, 0.25) is 0 Å². The molecule has 0 aliphatic heterocycles. The topological polar surface area (TPSA) is 38.0 Å². The van der Waals surface area contributed by atoms with E-state index in [9.17, 15) is 13.2 Å². The number of hydrogen-bond donors (Lipinski definition) is 2. The molecule has 0 atom stereocenters. The lowest BCUT2D eigenvalue weighted by molar-refractivity contribution is -0.136. The second-order valence-corrected chi connectivity index (χ2v) is 3.60. The quantitative estimate of drug-likeness (QED) is 0.748. The third-order valence-electron chi connectivity index (χ3n) is 1.81. The fourth-order valence-corrected chi connectivity index (χ4v) is 1.22. The third kappa shape index (κ3) is 3.04. The molecule has 0 saturated heterocycles. The van der Waals surface area contributed by atoms with Gasteiger partial charge in [-0.1, -0.05) is 0 Å². The molecule has 2 nitrogen and oxygen atoms in total. The van der Waals surface area contributed by atoms with Gasteiger partial charge < -0.3 is 11.1 Å². The first-order chi connectivity index (χ1) is 6.80. The maximum absolute atomic E-state index is 12.5. The fraction of sp³-hybridized carbons (Fsp3) is 0.400. The molecule has 1 aromatic rings. The Morgan fingerprint density at radius 2 is 1.87 bits per heavy atom. The van der Waals surface area contributed by atoms with Crippen molar-refractivity contribution in [1.82, 2.24) is 0 Å². The molecule has 3 N–H and O–H groups in total. The maximum atomic E-state index is 12.5. The summed E-state index contributed by atoms with van der Waals surface area (Å²) in [5, 5.41) is 2.89. The Balaban J connectivity index is 3.06. The van der Waals surface area contributed by atoms with Gasteiger partial charge in [0.15, 0.2) is 0 Å². The van der Waals surface area contributed by atoms with Crippen molar-refractivity contribution in [3.63, 3.8) is 0 Å². The highest BCUT2D eigenvalue weighted by Gasteiger charge is 2.33. The first-order valence-corrected chi connectivity index (χ1v) is 4.54. The zero-order valence-electron chi connectivity index (χ0n) is 8.52. The van der Waals surface area contributed by atoms with E-state index in [1.807, 2.05) is 13.8 Å². The van der Waals surface area contributed by atoms with Gasteiger partial charge in [-0.2, -0.15) is 13.2 Å². The van der Waals surface area contributed by atoms with Gasteiger partial charge in [0.25, 0.3) is 0 Å². The molecule has 0 aliphatic rings. The highest BCUT2D eigenvalue weighted by Crippen LogP contribution is 2.35. The molecule has 0 amide bonds. The van der Waals surface area contributed by atoms with Crippen LogP contribution in [0.2, 0.25) is 0 Å². The van der Waals surface area contributed by atoms with Gasteiger partial charge in [-0.25, -0.2) is 0 Å². The average molecular weight is 218 g/mol. The van der Waals surface area contributed by atoms with E-state index in [0.717, 1.165) is 6.07 Å². The van der Waals surface area contributed by atoms with Gasteiger partial charge in [-0.05, 0) is 32.0 Å². The van der Waals surface area contributed by atoms with Crippen LogP contribution < -0.4 is 11.1 Å². The Morgan fingerprint density at radius 3 is 2.33 bits per heavy atom. The number of nitrogen functional groups attached to an aromatic ring is 1. The van der Waals surface area contributed by atoms with Gasteiger partial charge in [0, 0.05) is 17.4 Å². The lowest BCUT2D eigenvalue weighted by Crippen LogP contribution is -2.13. The summed E-state index contributed by atoms with van der Waals surface area (Å²) in [4.78, 5) is 0. The summed E-state index contributed by atoms with van der Waals surface area (Å²) in [7, 11) is 0. The number of halogens is 3. The summed E-state index contributed by atoms with van der Waals surface area (Å²) in [6.45, 7) is 3.70. The first-order valence-electron chi connectivity index (χ1n) is 4.54. The van der Waals surface area contributed by atoms with Crippen LogP contribution in [0.25, 0.3) is 0 Å². The van der Waals surface area contributed by atoms with Crippen molar-refractivity contribution < 1.29 is 13.2 Å². The van der Waals surface area contributed by atoms with E-state index in [1.165, 1.54) is 12.1 Å². The van der Waals surface area contributed by atoms with Crippen LogP contribution >= 0.6 is 0 Å². The molecule has 0 unspecified atom stereocenters. The SMILES string of the molecule is CC(C)Nc1ccc(N)c(C(F)(F)F)c1. The summed E-state index contributed by atoms with van der Waals surface area (Å²) >= 11 is 0. The lowest BCUT2D eigenvalue weighted by atomic mass is 10.1. The molecule has 0 saturated carbocycles. The van der Waals surface area contributed by atoms with Crippen LogP contribution in [-0.2, 0) is 6.18 Å². The molecule has 84 valence electrons. The molecule has 0 fully saturated rings. The summed E-state index contributed by atoms with van der Waals surface area (Å²) < 4.78 is 37.4. The molecule has 15 heavy (non-hydrogen) atoms. The van der Waals surface area contributed by atoms with Crippen LogP contribution in [0.3, 0.4) is 0 Å². The minimum atomic E-state index is -4.40. The van der Waals surface area contributed by atoms with Crippen molar-refractivity contribution in [2.24, 2.45) is 0 Å². The molecule has 0 aromatic heterocycles. The van der Waals surface area contributed by atoms with Crippen molar-refractivity contribution in [1.29, 1.82) is 0 Å². The number of rotatable bonds is 2. The van der Waals surface area contributed by atoms with Gasteiger partial charge in [0.1, 0.15) is 0 Å². The Labute approximate surface area is 86.3 Å². The first kappa shape index (κ1) is 11.7. The predicted octanol–water partition coefficient (Wildman–Crippen LogP) is 3.11. The monoisotopic (exact) mass is 218 g/mol. The summed E-state index contributed by atoms with van der Waals surface area (Å²) in [6.07, 6.45) is -4.40. The smallest absolute Gasteiger partial charge is 0.398 e. The molecular weight excluding hydrogens is 205 g/mol. The molecule has 0 radical (unpaired) electrons. The van der Waals surface area contributed by atoms with Crippen LogP contribution in [0.4, 0.5) is 24.5 Å². The standard InChI is InChI=1S/C10H13F3N2/c1-6(2)15-7-3-4-9(14)8(5-7)10(11,12)13/h3-6,15H,14H2,1-2H3. The van der Waals surface area contributed by atoms with E-state index in [0.29, 0.717) is 5.69 Å². The van der Waals surface area contributed by atoms with Crippen molar-refractivity contribution in [3.05, 3.63) is 23.8 Å². The summed E-state index contributed by atoms with van der Waals surface area (Å²) in [5.74, 6) is 0. The van der Waals surface area contributed by atoms with Gasteiger partial charge >= 0.3 is 6.18 Å². The van der Waals surface area contributed by atoms with E-state index in [-0.39, 0.29) is 11.7 Å². The molecule has 0 aliphatic carbocycles. The van der Waals surface area contributed by atoms with E-state index in [1.54, 1.807) is 0 Å². The number of anilines is 2. The zero-order chi connectivity index (χ0) is 11.6. The van der Waals surface area contributed by atoms with Crippen molar-refractivity contribution >= 4 is 11.4 Å². The number of hydrogen-bond acceptors (Lipinski definition) is 2. The fourth-order valence-electron chi connectivity index (χ4n) is 1.22. The van der Waals surface area contributed by atoms with E-state index in [4.69, 9.17) is 5.73 Å². The Kier molecular flexibility index (Phi) is 3.12.